The van der Waals surface area contributed by atoms with E-state index in [1.54, 1.807) is 24.3 Å². The fourth-order valence-corrected chi connectivity index (χ4v) is 3.74. The number of allylic oxidation sites excluding steroid dienone is 2. The molecule has 0 aliphatic carbocycles. The number of phenols is 1. The highest BCUT2D eigenvalue weighted by atomic mass is 16.3. The topological polar surface area (TPSA) is 126 Å². The maximum atomic E-state index is 10.0. The van der Waals surface area contributed by atoms with Gasteiger partial charge in [-0.05, 0) is 50.1 Å². The number of nitrogens with zero attached hydrogens (tertiary/aromatic N) is 1. The van der Waals surface area contributed by atoms with Gasteiger partial charge in [-0.3, -0.25) is 0 Å². The molecule has 7 heteroatoms. The lowest BCUT2D eigenvalue weighted by Crippen LogP contribution is -2.33. The van der Waals surface area contributed by atoms with Crippen molar-refractivity contribution in [3.63, 3.8) is 0 Å². The third-order valence-electron chi connectivity index (χ3n) is 5.44. The van der Waals surface area contributed by atoms with Gasteiger partial charge in [-0.2, -0.15) is 0 Å². The molecule has 0 bridgehead atoms. The molecular weight excluding hydrogens is 364 g/mol. The van der Waals surface area contributed by atoms with Gasteiger partial charge in [0.15, 0.2) is 0 Å². The standard InChI is InChI=1S/C20H30N6O.C2H6/c1-13(14-6-8-24-9-7-14)17-11-26(12-25-17)18(20(22)23)10-16(21)15-4-2-3-5-19(15)27;1-2/h2-5,10-11,13-14,24-25,27H,6-9,12,21-23H2,1H3;1-2H3/b16-10-;. The van der Waals surface area contributed by atoms with Crippen LogP contribution in [0.25, 0.3) is 5.70 Å². The third kappa shape index (κ3) is 5.60. The van der Waals surface area contributed by atoms with Crippen molar-refractivity contribution in [3.05, 3.63) is 59.3 Å². The fraction of sp³-hybridized carbons (Fsp3) is 0.455. The molecule has 2 aliphatic rings. The normalized spacial score (nSPS) is 18.2. The number of benzene rings is 1. The van der Waals surface area contributed by atoms with Crippen LogP contribution < -0.4 is 27.8 Å². The van der Waals surface area contributed by atoms with Crippen molar-refractivity contribution in [2.75, 3.05) is 19.8 Å². The summed E-state index contributed by atoms with van der Waals surface area (Å²) < 4.78 is 0. The van der Waals surface area contributed by atoms with Gasteiger partial charge in [0.25, 0.3) is 0 Å². The second-order valence-electron chi connectivity index (χ2n) is 7.22. The molecule has 9 N–H and O–H groups in total. The average Bonchev–Trinajstić information content (AvgIpc) is 3.23. The zero-order valence-corrected chi connectivity index (χ0v) is 17.8. The Hall–Kier alpha value is -2.80. The number of piperidine rings is 1. The van der Waals surface area contributed by atoms with Gasteiger partial charge in [-0.15, -0.1) is 0 Å². The van der Waals surface area contributed by atoms with Crippen LogP contribution in [-0.2, 0) is 0 Å². The second kappa shape index (κ2) is 10.7. The van der Waals surface area contributed by atoms with Crippen molar-refractivity contribution in [2.24, 2.45) is 29.0 Å². The maximum Gasteiger partial charge on any atom is 0.124 e. The molecule has 3 rings (SSSR count). The van der Waals surface area contributed by atoms with Crippen molar-refractivity contribution in [1.82, 2.24) is 15.5 Å². The summed E-state index contributed by atoms with van der Waals surface area (Å²) >= 11 is 0. The Morgan fingerprint density at radius 3 is 2.45 bits per heavy atom. The number of aromatic hydroxyl groups is 1. The summed E-state index contributed by atoms with van der Waals surface area (Å²) in [5, 5.41) is 16.9. The van der Waals surface area contributed by atoms with Gasteiger partial charge in [-0.1, -0.05) is 32.9 Å². The lowest BCUT2D eigenvalue weighted by molar-refractivity contribution is 0.297. The Kier molecular flexibility index (Phi) is 8.27. The Balaban J connectivity index is 0.00000145. The van der Waals surface area contributed by atoms with E-state index in [1.165, 1.54) is 18.5 Å². The number of hydrogen-bond donors (Lipinski definition) is 6. The van der Waals surface area contributed by atoms with Gasteiger partial charge in [0.1, 0.15) is 11.6 Å². The van der Waals surface area contributed by atoms with Crippen LogP contribution in [0.1, 0.15) is 39.2 Å². The van der Waals surface area contributed by atoms with E-state index in [0.717, 1.165) is 13.1 Å². The summed E-state index contributed by atoms with van der Waals surface area (Å²) in [5.41, 5.74) is 20.8. The highest BCUT2D eigenvalue weighted by Gasteiger charge is 2.27. The molecule has 0 radical (unpaired) electrons. The molecule has 7 nitrogen and oxygen atoms in total. The molecule has 0 aromatic heterocycles. The van der Waals surface area contributed by atoms with Crippen molar-refractivity contribution in [1.29, 1.82) is 0 Å². The summed E-state index contributed by atoms with van der Waals surface area (Å²) in [6.45, 7) is 9.00. The molecule has 160 valence electrons. The quantitative estimate of drug-likeness (QED) is 0.418. The number of hydrogen-bond acceptors (Lipinski definition) is 7. The number of nitrogens with two attached hydrogens (primary N) is 3. The first kappa shape index (κ1) is 22.5. The monoisotopic (exact) mass is 400 g/mol. The molecule has 2 heterocycles. The predicted octanol–water partition coefficient (Wildman–Crippen LogP) is 2.14. The molecule has 1 aromatic rings. The first-order valence-corrected chi connectivity index (χ1v) is 10.4. The summed E-state index contributed by atoms with van der Waals surface area (Å²) in [5.74, 6) is 1.41. The molecule has 1 unspecified atom stereocenters. The summed E-state index contributed by atoms with van der Waals surface area (Å²) in [6, 6.07) is 6.93. The van der Waals surface area contributed by atoms with E-state index in [-0.39, 0.29) is 11.6 Å². The SMILES string of the molecule is CC.CC(C1=CN(C(/C=C(\N)c2ccccc2O)=C(N)N)CN1)C1CCNCC1. The number of nitrogens with one attached hydrogen (secondary N) is 2. The highest BCUT2D eigenvalue weighted by molar-refractivity contribution is 5.70. The smallest absolute Gasteiger partial charge is 0.124 e. The van der Waals surface area contributed by atoms with Gasteiger partial charge >= 0.3 is 0 Å². The van der Waals surface area contributed by atoms with Crippen molar-refractivity contribution >= 4 is 5.70 Å². The minimum Gasteiger partial charge on any atom is -0.507 e. The van der Waals surface area contributed by atoms with E-state index in [9.17, 15) is 5.11 Å². The Labute approximate surface area is 174 Å². The fourth-order valence-electron chi connectivity index (χ4n) is 3.74. The number of rotatable bonds is 5. The molecule has 1 saturated heterocycles. The van der Waals surface area contributed by atoms with Crippen LogP contribution in [0.2, 0.25) is 0 Å². The van der Waals surface area contributed by atoms with E-state index in [0.29, 0.717) is 35.5 Å². The summed E-state index contributed by atoms with van der Waals surface area (Å²) in [4.78, 5) is 1.97. The zero-order chi connectivity index (χ0) is 21.4. The van der Waals surface area contributed by atoms with Crippen LogP contribution in [-0.4, -0.2) is 29.8 Å². The van der Waals surface area contributed by atoms with Gasteiger partial charge in [-0.25, -0.2) is 0 Å². The highest BCUT2D eigenvalue weighted by Crippen LogP contribution is 2.30. The molecular formula is C22H36N6O. The van der Waals surface area contributed by atoms with Gasteiger partial charge in [0.2, 0.25) is 0 Å². The van der Waals surface area contributed by atoms with E-state index >= 15 is 0 Å². The maximum absolute atomic E-state index is 10.0. The number of para-hydroxylation sites is 1. The molecule has 0 amide bonds. The molecule has 1 aromatic carbocycles. The van der Waals surface area contributed by atoms with Crippen LogP contribution in [0.4, 0.5) is 0 Å². The predicted molar refractivity (Wildman–Crippen MR) is 120 cm³/mol. The molecule has 29 heavy (non-hydrogen) atoms. The van der Waals surface area contributed by atoms with Crippen molar-refractivity contribution in [3.8, 4) is 5.75 Å². The first-order valence-electron chi connectivity index (χ1n) is 10.4. The minimum absolute atomic E-state index is 0.122. The van der Waals surface area contributed by atoms with Gasteiger partial charge in [0.05, 0.1) is 12.4 Å². The molecule has 1 atom stereocenters. The van der Waals surface area contributed by atoms with Crippen LogP contribution >= 0.6 is 0 Å². The molecule has 1 fully saturated rings. The second-order valence-corrected chi connectivity index (χ2v) is 7.22. The van der Waals surface area contributed by atoms with E-state index in [1.807, 2.05) is 24.8 Å². The lowest BCUT2D eigenvalue weighted by Gasteiger charge is -2.28. The van der Waals surface area contributed by atoms with Crippen LogP contribution in [0.5, 0.6) is 5.75 Å². The van der Waals surface area contributed by atoms with Crippen molar-refractivity contribution in [2.45, 2.75) is 33.6 Å². The molecule has 2 aliphatic heterocycles. The first-order chi connectivity index (χ1) is 14.0. The van der Waals surface area contributed by atoms with E-state index in [2.05, 4.69) is 23.8 Å². The summed E-state index contributed by atoms with van der Waals surface area (Å²) in [7, 11) is 0. The minimum atomic E-state index is 0.122. The van der Waals surface area contributed by atoms with Gasteiger partial charge in [0, 0.05) is 29.1 Å². The third-order valence-corrected chi connectivity index (χ3v) is 5.44. The van der Waals surface area contributed by atoms with Crippen LogP contribution in [0.15, 0.2) is 53.8 Å². The van der Waals surface area contributed by atoms with Crippen molar-refractivity contribution < 1.29 is 5.11 Å². The zero-order valence-electron chi connectivity index (χ0n) is 17.8. The number of phenolic OH excluding ortho intramolecular Hbond substituents is 1. The summed E-state index contributed by atoms with van der Waals surface area (Å²) in [6.07, 6.45) is 6.14. The van der Waals surface area contributed by atoms with Gasteiger partial charge < -0.3 is 37.8 Å². The van der Waals surface area contributed by atoms with E-state index in [4.69, 9.17) is 17.2 Å². The average molecular weight is 401 g/mol. The lowest BCUT2D eigenvalue weighted by atomic mass is 9.84. The van der Waals surface area contributed by atoms with Crippen LogP contribution in [0, 0.1) is 11.8 Å². The van der Waals surface area contributed by atoms with E-state index < -0.39 is 0 Å². The Bertz CT molecular complexity index is 760. The Morgan fingerprint density at radius 1 is 1.17 bits per heavy atom. The largest absolute Gasteiger partial charge is 0.507 e. The van der Waals surface area contributed by atoms with Crippen LogP contribution in [0.3, 0.4) is 0 Å². The molecule has 0 saturated carbocycles. The Morgan fingerprint density at radius 2 is 1.83 bits per heavy atom. The molecule has 0 spiro atoms.